The van der Waals surface area contributed by atoms with Crippen molar-refractivity contribution >= 4 is 7.32 Å². The van der Waals surface area contributed by atoms with E-state index in [4.69, 9.17) is 0 Å². The Labute approximate surface area is 191 Å². The summed E-state index contributed by atoms with van der Waals surface area (Å²) in [5.41, 5.74) is -14.0. The molecule has 1 aromatic carbocycles. The third kappa shape index (κ3) is 7.14. The van der Waals surface area contributed by atoms with Crippen LogP contribution < -0.4 is 73.8 Å². The number of hydrogen-bond acceptors (Lipinski definition) is 3. The smallest absolute Gasteiger partial charge is 0.860 e. The molecule has 0 N–H and O–H groups in total. The normalized spacial score (nSPS) is 12.8. The minimum Gasteiger partial charge on any atom is -0.860 e. The fraction of sp³-hybridized carbons (Fsp3) is 0.400. The molecule has 18 heteroatoms. The molecule has 1 aromatic rings. The van der Waals surface area contributed by atoms with Crippen LogP contribution in [0.3, 0.4) is 0 Å². The van der Waals surface area contributed by atoms with Crippen LogP contribution in [0.15, 0.2) is 6.07 Å². The van der Waals surface area contributed by atoms with Crippen LogP contribution in [0.4, 0.5) is 52.7 Å². The molecule has 0 saturated heterocycles. The van der Waals surface area contributed by atoms with Gasteiger partial charge in [-0.1, -0.05) is 0 Å². The van der Waals surface area contributed by atoms with Gasteiger partial charge in [0.15, 0.2) is 0 Å². The first-order chi connectivity index (χ1) is 11.3. The number of rotatable bonds is 2. The van der Waals surface area contributed by atoms with Crippen molar-refractivity contribution < 1.29 is 127 Å². The molecule has 0 heterocycles. The predicted octanol–water partition coefficient (Wildman–Crippen LogP) is -3.15. The summed E-state index contributed by atoms with van der Waals surface area (Å²) in [6.45, 7) is 0. The van der Waals surface area contributed by atoms with Crippen LogP contribution in [0.5, 0.6) is 5.75 Å². The van der Waals surface area contributed by atoms with Crippen LogP contribution in [0.1, 0.15) is 22.3 Å². The fourth-order valence-electron chi connectivity index (χ4n) is 1.94. The summed E-state index contributed by atoms with van der Waals surface area (Å²) < 4.78 is 157. The summed E-state index contributed by atoms with van der Waals surface area (Å²) >= 11 is 0. The van der Waals surface area contributed by atoms with Gasteiger partial charge in [0.25, 0.3) is 0 Å². The first-order valence-corrected chi connectivity index (χ1v) is 5.76. The quantitative estimate of drug-likeness (QED) is 0.351. The Morgan fingerprint density at radius 2 is 0.964 bits per heavy atom. The Morgan fingerprint density at radius 3 is 1.21 bits per heavy atom. The summed E-state index contributed by atoms with van der Waals surface area (Å²) in [5, 5.41) is 20.5. The molecular formula is C10HBF12Na2O3. The summed E-state index contributed by atoms with van der Waals surface area (Å²) in [7, 11) is -3.85. The monoisotopic (exact) mass is 454 g/mol. The second-order valence-electron chi connectivity index (χ2n) is 4.44. The Bertz CT molecular complexity index is 681. The van der Waals surface area contributed by atoms with Gasteiger partial charge in [-0.25, -0.2) is 0 Å². The van der Waals surface area contributed by atoms with Crippen molar-refractivity contribution in [2.45, 2.75) is 24.7 Å². The van der Waals surface area contributed by atoms with Crippen LogP contribution >= 0.6 is 0 Å². The van der Waals surface area contributed by atoms with E-state index in [1.165, 1.54) is 0 Å². The molecule has 0 bridgehead atoms. The molecule has 0 radical (unpaired) electrons. The standard InChI is InChI=1S/C10HBF12O3.2Na/c12-7(13,14)2-1-3(26-11(24)25)5(9(18,19)20)6(10(21,22)23)4(2)8(15,16)17;;/h1H;;/q-2;2*+1. The molecule has 0 aliphatic rings. The molecule has 1 rings (SSSR count). The van der Waals surface area contributed by atoms with Gasteiger partial charge in [-0.15, -0.1) is 0 Å². The summed E-state index contributed by atoms with van der Waals surface area (Å²) in [5.74, 6) is -2.62. The van der Waals surface area contributed by atoms with Gasteiger partial charge in [-0.3, -0.25) is 0 Å². The molecule has 0 unspecified atom stereocenters. The van der Waals surface area contributed by atoms with Gasteiger partial charge in [0, 0.05) is 0 Å². The molecule has 0 fully saturated rings. The molecule has 3 nitrogen and oxygen atoms in total. The zero-order valence-electron chi connectivity index (χ0n) is 13.4. The summed E-state index contributed by atoms with van der Waals surface area (Å²) in [6.07, 6.45) is -25.7. The fourth-order valence-corrected chi connectivity index (χ4v) is 1.94. The summed E-state index contributed by atoms with van der Waals surface area (Å²) in [6, 6.07) is -1.12. The minimum atomic E-state index is -6.60. The molecule has 28 heavy (non-hydrogen) atoms. The van der Waals surface area contributed by atoms with E-state index in [9.17, 15) is 62.7 Å². The molecule has 0 atom stereocenters. The van der Waals surface area contributed by atoms with E-state index in [-0.39, 0.29) is 59.1 Å². The number of alkyl halides is 12. The van der Waals surface area contributed by atoms with Crippen LogP contribution in [-0.2, 0) is 24.7 Å². The molecule has 0 saturated carbocycles. The van der Waals surface area contributed by atoms with Gasteiger partial charge in [0.1, 0.15) is 18.6 Å². The Morgan fingerprint density at radius 1 is 0.607 bits per heavy atom. The van der Waals surface area contributed by atoms with Crippen molar-refractivity contribution in [3.63, 3.8) is 0 Å². The van der Waals surface area contributed by atoms with E-state index in [0.717, 1.165) is 0 Å². The number of halogens is 12. The SMILES string of the molecule is [Na+].[Na+].[O-]B([O-])Oc1cc(C(F)(F)F)c(C(F)(F)F)c(C(F)(F)F)c1C(F)(F)F. The van der Waals surface area contributed by atoms with Crippen molar-refractivity contribution in [3.8, 4) is 5.75 Å². The maximum Gasteiger partial charge on any atom is 1.00 e. The average Bonchev–Trinajstić information content (AvgIpc) is 2.31. The van der Waals surface area contributed by atoms with Gasteiger partial charge in [-0.05, 0) is 6.07 Å². The molecule has 0 amide bonds. The number of benzene rings is 1. The van der Waals surface area contributed by atoms with E-state index in [0.29, 0.717) is 0 Å². The van der Waals surface area contributed by atoms with Crippen LogP contribution in [0.2, 0.25) is 0 Å². The maximum atomic E-state index is 12.9. The minimum absolute atomic E-state index is 0. The second-order valence-corrected chi connectivity index (χ2v) is 4.44. The van der Waals surface area contributed by atoms with E-state index < -0.39 is 66.1 Å². The van der Waals surface area contributed by atoms with Crippen LogP contribution in [0, 0.1) is 0 Å². The topological polar surface area (TPSA) is 55.3 Å². The van der Waals surface area contributed by atoms with Gasteiger partial charge in [0.2, 0.25) is 0 Å². The van der Waals surface area contributed by atoms with Crippen molar-refractivity contribution in [2.75, 3.05) is 0 Å². The van der Waals surface area contributed by atoms with E-state index >= 15 is 0 Å². The molecule has 148 valence electrons. The third-order valence-corrected chi connectivity index (χ3v) is 2.67. The largest absolute Gasteiger partial charge is 1.00 e. The molecule has 0 aliphatic heterocycles. The molecule has 0 aliphatic carbocycles. The van der Waals surface area contributed by atoms with Crippen molar-refractivity contribution in [1.29, 1.82) is 0 Å². The maximum absolute atomic E-state index is 12.9. The van der Waals surface area contributed by atoms with Crippen molar-refractivity contribution in [2.24, 2.45) is 0 Å². The van der Waals surface area contributed by atoms with Crippen LogP contribution in [-0.4, -0.2) is 7.32 Å². The van der Waals surface area contributed by atoms with Gasteiger partial charge >= 0.3 is 83.8 Å². The second kappa shape index (κ2) is 9.53. The van der Waals surface area contributed by atoms with Gasteiger partial charge in [0.05, 0.1) is 16.7 Å². The predicted molar refractivity (Wildman–Crippen MR) is 52.8 cm³/mol. The first kappa shape index (κ1) is 30.4. The van der Waals surface area contributed by atoms with E-state index in [1.54, 1.807) is 0 Å². The average molecular weight is 454 g/mol. The third-order valence-electron chi connectivity index (χ3n) is 2.67. The number of hydrogen-bond donors (Lipinski definition) is 0. The zero-order chi connectivity index (χ0) is 20.9. The zero-order valence-corrected chi connectivity index (χ0v) is 17.4. The first-order valence-electron chi connectivity index (χ1n) is 5.76. The molecular weight excluding hydrogens is 453 g/mol. The Balaban J connectivity index is 0. The van der Waals surface area contributed by atoms with Crippen molar-refractivity contribution in [3.05, 3.63) is 28.3 Å². The van der Waals surface area contributed by atoms with Crippen molar-refractivity contribution in [1.82, 2.24) is 0 Å². The van der Waals surface area contributed by atoms with E-state index in [2.05, 4.69) is 4.65 Å². The van der Waals surface area contributed by atoms with Gasteiger partial charge in [-0.2, -0.15) is 52.7 Å². The molecule has 0 spiro atoms. The van der Waals surface area contributed by atoms with Gasteiger partial charge < -0.3 is 14.7 Å². The Hall–Kier alpha value is 0.165. The summed E-state index contributed by atoms with van der Waals surface area (Å²) in [4.78, 5) is 0. The molecule has 0 aromatic heterocycles. The Kier molecular flexibility index (Phi) is 10.3. The van der Waals surface area contributed by atoms with E-state index in [1.807, 2.05) is 0 Å². The van der Waals surface area contributed by atoms with Crippen LogP contribution in [0.25, 0.3) is 0 Å².